The average Bonchev–Trinajstić information content (AvgIpc) is 3.39. The molecule has 0 amide bonds. The topological polar surface area (TPSA) is 20.2 Å². The van der Waals surface area contributed by atoms with Gasteiger partial charge in [0.15, 0.2) is 0 Å². The van der Waals surface area contributed by atoms with E-state index in [1.807, 2.05) is 25.1 Å². The molecule has 0 spiro atoms. The van der Waals surface area contributed by atoms with Crippen molar-refractivity contribution in [1.82, 2.24) is 0 Å². The van der Waals surface area contributed by atoms with E-state index in [0.29, 0.717) is 5.75 Å². The molecule has 0 unspecified atom stereocenters. The van der Waals surface area contributed by atoms with Crippen LogP contribution in [0, 0.1) is 6.92 Å². The molecular formula is C45H51OTi. The van der Waals surface area contributed by atoms with E-state index in [0.717, 1.165) is 5.56 Å². The Bertz CT molecular complexity index is 1830. The summed E-state index contributed by atoms with van der Waals surface area (Å²) < 4.78 is 1.33. The van der Waals surface area contributed by atoms with Gasteiger partial charge in [-0.15, -0.1) is 41.0 Å². The van der Waals surface area contributed by atoms with Crippen molar-refractivity contribution in [3.8, 4) is 16.9 Å². The van der Waals surface area contributed by atoms with Crippen LogP contribution in [0.3, 0.4) is 0 Å². The quantitative estimate of drug-likeness (QED) is 0.145. The standard InChI is InChI=1S/C21H25.C13H10.C11H16O.Ti/c1-20(2,3)18-11-7-9-14-15-10-8-12-19(21(4,5)6)17(15)13-16(14)18;1-3-7-12(8-4-1)11-13-9-5-2-6-10-13;1-8-5-9(11(2,3)4)7-10(12)6-8;/h7-13H,1-6H3;1-10H;5-7,12H,1-4H3;/q-1;;;+1. The Hall–Kier alpha value is -3.65. The summed E-state index contributed by atoms with van der Waals surface area (Å²) >= 11 is 2.16. The number of aromatic hydroxyl groups is 1. The average molecular weight is 656 g/mol. The van der Waals surface area contributed by atoms with Gasteiger partial charge in [-0.05, 0) is 52.0 Å². The van der Waals surface area contributed by atoms with Crippen LogP contribution in [0.5, 0.6) is 5.75 Å². The van der Waals surface area contributed by atoms with Crippen molar-refractivity contribution in [3.63, 3.8) is 0 Å². The zero-order chi connectivity index (χ0) is 34.6. The number of hydrogen-bond acceptors (Lipinski definition) is 1. The van der Waals surface area contributed by atoms with Crippen molar-refractivity contribution in [2.45, 2.75) is 85.5 Å². The summed E-state index contributed by atoms with van der Waals surface area (Å²) in [7, 11) is 0. The molecule has 0 heterocycles. The van der Waals surface area contributed by atoms with E-state index in [9.17, 15) is 5.11 Å². The van der Waals surface area contributed by atoms with Crippen LogP contribution in [0.15, 0.2) is 121 Å². The Balaban J connectivity index is 0.000000168. The molecule has 1 nitrogen and oxygen atoms in total. The third-order valence-corrected chi connectivity index (χ3v) is 9.36. The van der Waals surface area contributed by atoms with Gasteiger partial charge in [0.2, 0.25) is 0 Å². The SMILES string of the molecule is CC(C)(C)c1cccc2c3ccc[c-](C(C)(C)C)c-3cc12.Cc1cc(O)cc(C(C)(C)C)c1.[Ti+]=[C](c1ccccc1)c1ccccc1. The second kappa shape index (κ2) is 14.6. The molecule has 0 atom stereocenters. The first-order valence-electron chi connectivity index (χ1n) is 16.6. The zero-order valence-electron chi connectivity index (χ0n) is 30.0. The molecule has 4 aromatic rings. The second-order valence-corrected chi connectivity index (χ2v) is 16.4. The first-order valence-corrected chi connectivity index (χ1v) is 17.4. The van der Waals surface area contributed by atoms with E-state index in [1.165, 1.54) is 53.5 Å². The number of phenols is 1. The van der Waals surface area contributed by atoms with Crippen LogP contribution in [0.25, 0.3) is 21.9 Å². The zero-order valence-corrected chi connectivity index (χ0v) is 31.6. The van der Waals surface area contributed by atoms with E-state index in [1.54, 1.807) is 6.07 Å². The van der Waals surface area contributed by atoms with Crippen molar-refractivity contribution in [2.75, 3.05) is 0 Å². The normalized spacial score (nSPS) is 11.8. The van der Waals surface area contributed by atoms with Crippen LogP contribution >= 0.6 is 0 Å². The summed E-state index contributed by atoms with van der Waals surface area (Å²) in [5.41, 5.74) is 11.0. The minimum atomic E-state index is 0.115. The monoisotopic (exact) mass is 655 g/mol. The molecule has 0 fully saturated rings. The number of fused-ring (bicyclic) bond motifs is 3. The number of benzene rings is 5. The van der Waals surface area contributed by atoms with Crippen molar-refractivity contribution >= 4 is 14.6 Å². The van der Waals surface area contributed by atoms with Crippen LogP contribution in [0.2, 0.25) is 0 Å². The van der Waals surface area contributed by atoms with E-state index < -0.39 is 0 Å². The maximum absolute atomic E-state index is 9.36. The molecule has 0 saturated heterocycles. The number of phenolic OH excluding ortho intramolecular Hbond substituents is 1. The third kappa shape index (κ3) is 9.25. The van der Waals surface area contributed by atoms with Gasteiger partial charge in [-0.3, -0.25) is 0 Å². The number of hydrogen-bond donors (Lipinski definition) is 1. The minimum absolute atomic E-state index is 0.115. The molecule has 0 aromatic heterocycles. The van der Waals surface area contributed by atoms with Crippen molar-refractivity contribution in [2.24, 2.45) is 0 Å². The Morgan fingerprint density at radius 1 is 0.596 bits per heavy atom. The molecule has 2 heteroatoms. The molecule has 1 N–H and O–H groups in total. The van der Waals surface area contributed by atoms with Crippen LogP contribution in [0.1, 0.15) is 95.7 Å². The fourth-order valence-electron chi connectivity index (χ4n) is 5.94. The second-order valence-electron chi connectivity index (χ2n) is 15.6. The predicted molar refractivity (Wildman–Crippen MR) is 201 cm³/mol. The molecule has 241 valence electrons. The van der Waals surface area contributed by atoms with E-state index in [4.69, 9.17) is 0 Å². The third-order valence-electron chi connectivity index (χ3n) is 8.46. The molecule has 2 aliphatic rings. The molecule has 6 rings (SSSR count). The molecule has 4 aromatic carbocycles. The van der Waals surface area contributed by atoms with Gasteiger partial charge >= 0.3 is 95.6 Å². The van der Waals surface area contributed by atoms with Crippen LogP contribution in [0.4, 0.5) is 0 Å². The van der Waals surface area contributed by atoms with Crippen LogP contribution in [-0.2, 0) is 36.2 Å². The summed E-state index contributed by atoms with van der Waals surface area (Å²) in [4.78, 5) is 0. The van der Waals surface area contributed by atoms with E-state index >= 15 is 0 Å². The van der Waals surface area contributed by atoms with E-state index in [-0.39, 0.29) is 16.2 Å². The van der Waals surface area contributed by atoms with Gasteiger partial charge in [0, 0.05) is 0 Å². The van der Waals surface area contributed by atoms with Crippen molar-refractivity contribution in [1.29, 1.82) is 0 Å². The molecule has 0 bridgehead atoms. The summed E-state index contributed by atoms with van der Waals surface area (Å²) in [5, 5.41) is 12.2. The molecular weight excluding hydrogens is 604 g/mol. The molecule has 0 radical (unpaired) electrons. The summed E-state index contributed by atoms with van der Waals surface area (Å²) in [5.74, 6) is 0.361. The number of rotatable bonds is 2. The van der Waals surface area contributed by atoms with Crippen LogP contribution < -0.4 is 0 Å². The van der Waals surface area contributed by atoms with Gasteiger partial charge in [0.1, 0.15) is 5.75 Å². The molecule has 0 aliphatic heterocycles. The van der Waals surface area contributed by atoms with Crippen molar-refractivity contribution in [3.05, 3.63) is 155 Å². The van der Waals surface area contributed by atoms with Gasteiger partial charge < -0.3 is 5.11 Å². The maximum atomic E-state index is 9.36. The summed E-state index contributed by atoms with van der Waals surface area (Å²) in [6.45, 7) is 22.2. The number of aryl methyl sites for hydroxylation is 1. The fraction of sp³-hybridized carbons (Fsp3) is 0.289. The van der Waals surface area contributed by atoms with Gasteiger partial charge in [-0.1, -0.05) is 97.4 Å². The molecule has 47 heavy (non-hydrogen) atoms. The van der Waals surface area contributed by atoms with E-state index in [2.05, 4.69) is 179 Å². The van der Waals surface area contributed by atoms with Gasteiger partial charge in [0.25, 0.3) is 0 Å². The molecule has 2 aliphatic carbocycles. The Morgan fingerprint density at radius 3 is 1.66 bits per heavy atom. The van der Waals surface area contributed by atoms with Crippen molar-refractivity contribution < 1.29 is 25.1 Å². The Morgan fingerprint density at radius 2 is 1.17 bits per heavy atom. The van der Waals surface area contributed by atoms with Crippen LogP contribution in [-0.4, -0.2) is 8.92 Å². The van der Waals surface area contributed by atoms with Gasteiger partial charge in [-0.25, -0.2) is 0 Å². The van der Waals surface area contributed by atoms with Gasteiger partial charge in [0.05, 0.1) is 0 Å². The Kier molecular flexibility index (Phi) is 11.3. The predicted octanol–water partition coefficient (Wildman–Crippen LogP) is 12.1. The fourth-order valence-corrected chi connectivity index (χ4v) is 6.46. The molecule has 0 saturated carbocycles. The summed E-state index contributed by atoms with van der Waals surface area (Å²) in [6.07, 6.45) is 0. The first-order chi connectivity index (χ1) is 22.0. The first kappa shape index (κ1) is 36.2. The van der Waals surface area contributed by atoms with Gasteiger partial charge in [-0.2, -0.15) is 0 Å². The Labute approximate surface area is 295 Å². The summed E-state index contributed by atoms with van der Waals surface area (Å²) in [6, 6.07) is 42.5.